The molecule has 0 radical (unpaired) electrons. The second kappa shape index (κ2) is 16.6. The number of allylic oxidation sites excluding steroid dienone is 2. The monoisotopic (exact) mass is 840 g/mol. The molecule has 12 rings (SSSR count). The van der Waals surface area contributed by atoms with E-state index in [0.29, 0.717) is 12.1 Å². The van der Waals surface area contributed by atoms with E-state index < -0.39 is 0 Å². The van der Waals surface area contributed by atoms with Crippen molar-refractivity contribution < 1.29 is 4.79 Å². The van der Waals surface area contributed by atoms with Gasteiger partial charge in [-0.3, -0.25) is 14.8 Å². The molecule has 2 unspecified atom stereocenters. The highest BCUT2D eigenvalue weighted by Gasteiger charge is 2.48. The summed E-state index contributed by atoms with van der Waals surface area (Å²) in [6, 6.07) is 44.7. The molecule has 2 aromatic heterocycles. The van der Waals surface area contributed by atoms with Gasteiger partial charge in [-0.05, 0) is 84.0 Å². The number of carbonyl (C=O) groups is 1. The molecular formula is C57H56N6O. The normalized spacial score (nSPS) is 21.2. The number of nitrogens with zero attached hydrogens (tertiary/aromatic N) is 6. The molecule has 2 fully saturated rings. The quantitative estimate of drug-likeness (QED) is 0.151. The maximum Gasteiger partial charge on any atom is 0.198 e. The third kappa shape index (κ3) is 6.65. The van der Waals surface area contributed by atoms with Gasteiger partial charge in [0.1, 0.15) is 0 Å². The van der Waals surface area contributed by atoms with Crippen molar-refractivity contribution >= 4 is 28.3 Å². The first-order valence-corrected chi connectivity index (χ1v) is 23.9. The van der Waals surface area contributed by atoms with Crippen LogP contribution in [0.4, 0.5) is 11.4 Å². The standard InChI is InChI=1S/C57H56N6O/c64-57(51-47-35-58-31-27-49(47)62(45-23-11-12-24-45)53(41-17-3-1-4-18-41)55(51)60-33-29-39-15-7-9-21-43(39)37-60)52-48-36-59-32-28-50(48)63(46-25-13-14-26-46)54(42-19-5-2-6-20-42)56(52)61-34-30-40-16-8-10-22-44(40)38-61/h1-10,15-22,27-28,31-32,35-36,45-46,53-54H,11-14,23-26,29-30,33-34,37-38H2. The Morgan fingerprint density at radius 3 is 1.28 bits per heavy atom. The molecule has 64 heavy (non-hydrogen) atoms. The van der Waals surface area contributed by atoms with Crippen molar-refractivity contribution in [3.05, 3.63) is 202 Å². The molecule has 0 saturated heterocycles. The molecule has 6 aliphatic rings. The second-order valence-corrected chi connectivity index (χ2v) is 18.8. The molecule has 0 amide bonds. The molecule has 2 saturated carbocycles. The van der Waals surface area contributed by atoms with Gasteiger partial charge in [0, 0.05) is 85.6 Å². The number of fused-ring (bicyclic) bond motifs is 4. The summed E-state index contributed by atoms with van der Waals surface area (Å²) >= 11 is 0. The third-order valence-electron chi connectivity index (χ3n) is 15.3. The smallest absolute Gasteiger partial charge is 0.198 e. The number of pyridine rings is 2. The Balaban J connectivity index is 1.16. The Morgan fingerprint density at radius 2 is 0.859 bits per heavy atom. The van der Waals surface area contributed by atoms with E-state index in [0.717, 1.165) is 110 Å². The number of hydrogen-bond acceptors (Lipinski definition) is 7. The fourth-order valence-electron chi connectivity index (χ4n) is 12.5. The van der Waals surface area contributed by atoms with Crippen LogP contribution >= 0.6 is 0 Å². The molecule has 4 aromatic carbocycles. The van der Waals surface area contributed by atoms with E-state index in [9.17, 15) is 0 Å². The van der Waals surface area contributed by atoms with E-state index in [2.05, 4.69) is 141 Å². The summed E-state index contributed by atoms with van der Waals surface area (Å²) in [5.74, 6) is 0.0743. The van der Waals surface area contributed by atoms with Gasteiger partial charge >= 0.3 is 0 Å². The predicted octanol–water partition coefficient (Wildman–Crippen LogP) is 11.3. The highest BCUT2D eigenvalue weighted by atomic mass is 16.1. The maximum atomic E-state index is 17.2. The summed E-state index contributed by atoms with van der Waals surface area (Å²) in [7, 11) is 0. The first kappa shape index (κ1) is 39.1. The minimum Gasteiger partial charge on any atom is -0.368 e. The minimum absolute atomic E-state index is 0.0743. The average Bonchev–Trinajstić information content (AvgIpc) is 4.11. The van der Waals surface area contributed by atoms with Crippen LogP contribution in [0.15, 0.2) is 158 Å². The van der Waals surface area contributed by atoms with Gasteiger partial charge in [0.2, 0.25) is 0 Å². The summed E-state index contributed by atoms with van der Waals surface area (Å²) in [5.41, 5.74) is 15.8. The Bertz CT molecular complexity index is 2580. The van der Waals surface area contributed by atoms with E-state index in [1.807, 2.05) is 24.8 Å². The Morgan fingerprint density at radius 1 is 0.469 bits per heavy atom. The largest absolute Gasteiger partial charge is 0.368 e. The molecule has 0 spiro atoms. The summed E-state index contributed by atoms with van der Waals surface area (Å²) in [6.07, 6.45) is 19.1. The Labute approximate surface area is 377 Å². The van der Waals surface area contributed by atoms with Gasteiger partial charge in [0.05, 0.1) is 34.6 Å². The Kier molecular flexibility index (Phi) is 10.1. The molecule has 7 nitrogen and oxygen atoms in total. The van der Waals surface area contributed by atoms with Crippen molar-refractivity contribution in [2.45, 2.75) is 101 Å². The molecule has 4 aliphatic heterocycles. The number of anilines is 2. The molecular weight excluding hydrogens is 785 g/mol. The van der Waals surface area contributed by atoms with Gasteiger partial charge in [-0.15, -0.1) is 0 Å². The van der Waals surface area contributed by atoms with Gasteiger partial charge in [-0.2, -0.15) is 0 Å². The number of ketones is 1. The number of benzene rings is 4. The molecule has 7 heteroatoms. The van der Waals surface area contributed by atoms with Crippen molar-refractivity contribution in [1.82, 2.24) is 19.8 Å². The van der Waals surface area contributed by atoms with Gasteiger partial charge in [-0.1, -0.05) is 135 Å². The highest BCUT2D eigenvalue weighted by molar-refractivity contribution is 6.44. The fraction of sp³-hybridized carbons (Fsp3) is 0.316. The molecule has 0 N–H and O–H groups in total. The van der Waals surface area contributed by atoms with Crippen molar-refractivity contribution in [2.24, 2.45) is 0 Å². The van der Waals surface area contributed by atoms with E-state index in [1.165, 1.54) is 59.1 Å². The van der Waals surface area contributed by atoms with Crippen LogP contribution in [-0.2, 0) is 30.7 Å². The number of carbonyl (C=O) groups excluding carboxylic acids is 1. The van der Waals surface area contributed by atoms with Crippen LogP contribution in [0.25, 0.3) is 11.1 Å². The summed E-state index contributed by atoms with van der Waals surface area (Å²) in [5, 5.41) is 0. The SMILES string of the molecule is O=C(C1=C(N2CCc3ccccc3C2)C(c2ccccc2)N(C2CCCC2)c2ccncc21)C1=C(N2CCc3ccccc3C2)C(c2ccccc2)N(C2CCCC2)c2ccncc21. The van der Waals surface area contributed by atoms with Crippen LogP contribution in [0, 0.1) is 0 Å². The van der Waals surface area contributed by atoms with Crippen LogP contribution < -0.4 is 9.80 Å². The lowest BCUT2D eigenvalue weighted by Crippen LogP contribution is -2.48. The molecule has 6 heterocycles. The van der Waals surface area contributed by atoms with Crippen LogP contribution in [0.2, 0.25) is 0 Å². The third-order valence-corrected chi connectivity index (χ3v) is 15.3. The predicted molar refractivity (Wildman–Crippen MR) is 256 cm³/mol. The van der Waals surface area contributed by atoms with Crippen molar-refractivity contribution in [3.8, 4) is 0 Å². The van der Waals surface area contributed by atoms with Crippen molar-refractivity contribution in [2.75, 3.05) is 22.9 Å². The number of aromatic nitrogens is 2. The molecule has 0 bridgehead atoms. The summed E-state index contributed by atoms with van der Waals surface area (Å²) < 4.78 is 0. The molecule has 2 aliphatic carbocycles. The molecule has 2 atom stereocenters. The van der Waals surface area contributed by atoms with E-state index in [-0.39, 0.29) is 17.9 Å². The first-order chi connectivity index (χ1) is 31.7. The van der Waals surface area contributed by atoms with Gasteiger partial charge in [0.25, 0.3) is 0 Å². The van der Waals surface area contributed by atoms with Crippen molar-refractivity contribution in [1.29, 1.82) is 0 Å². The van der Waals surface area contributed by atoms with Crippen LogP contribution in [0.3, 0.4) is 0 Å². The number of hydrogen-bond donors (Lipinski definition) is 0. The highest BCUT2D eigenvalue weighted by Crippen LogP contribution is 2.55. The second-order valence-electron chi connectivity index (χ2n) is 18.8. The zero-order valence-electron chi connectivity index (χ0n) is 36.7. The van der Waals surface area contributed by atoms with Crippen LogP contribution in [0.1, 0.15) is 108 Å². The number of rotatable bonds is 8. The Hall–Kier alpha value is -6.47. The van der Waals surface area contributed by atoms with E-state index >= 15 is 4.79 Å². The molecule has 320 valence electrons. The fourth-order valence-corrected chi connectivity index (χ4v) is 12.5. The lowest BCUT2D eigenvalue weighted by atomic mass is 9.78. The van der Waals surface area contributed by atoms with Gasteiger partial charge < -0.3 is 19.6 Å². The van der Waals surface area contributed by atoms with E-state index in [1.54, 1.807) is 0 Å². The van der Waals surface area contributed by atoms with Gasteiger partial charge in [0.15, 0.2) is 5.78 Å². The first-order valence-electron chi connectivity index (χ1n) is 23.9. The van der Waals surface area contributed by atoms with Crippen LogP contribution in [-0.4, -0.2) is 50.7 Å². The van der Waals surface area contributed by atoms with E-state index in [4.69, 9.17) is 9.97 Å². The van der Waals surface area contributed by atoms with Gasteiger partial charge in [-0.25, -0.2) is 0 Å². The van der Waals surface area contributed by atoms with Crippen LogP contribution in [0.5, 0.6) is 0 Å². The zero-order chi connectivity index (χ0) is 42.6. The molecule has 6 aromatic rings. The summed E-state index contributed by atoms with van der Waals surface area (Å²) in [4.78, 5) is 37.5. The lowest BCUT2D eigenvalue weighted by molar-refractivity contribution is -0.109. The van der Waals surface area contributed by atoms with Crippen molar-refractivity contribution in [3.63, 3.8) is 0 Å². The number of Topliss-reactive ketones (excluding diaryl/α,β-unsaturated/α-hetero) is 1. The lowest BCUT2D eigenvalue weighted by Gasteiger charge is -2.50. The zero-order valence-corrected chi connectivity index (χ0v) is 36.7. The minimum atomic E-state index is -0.161. The maximum absolute atomic E-state index is 17.2. The summed E-state index contributed by atoms with van der Waals surface area (Å²) in [6.45, 7) is 3.15. The average molecular weight is 841 g/mol. The topological polar surface area (TPSA) is 55.8 Å².